The third-order valence-corrected chi connectivity index (χ3v) is 5.08. The second kappa shape index (κ2) is 5.47. The molecule has 1 aliphatic heterocycles. The Morgan fingerprint density at radius 1 is 1.44 bits per heavy atom. The molecular formula is C11H24N2O2S. The third-order valence-electron chi connectivity index (χ3n) is 3.40. The fraction of sp³-hybridized carbons (Fsp3) is 1.00. The van der Waals surface area contributed by atoms with E-state index in [4.69, 9.17) is 0 Å². The molecule has 1 aliphatic rings. The van der Waals surface area contributed by atoms with Gasteiger partial charge in [-0.15, -0.1) is 0 Å². The summed E-state index contributed by atoms with van der Waals surface area (Å²) in [5.41, 5.74) is 0.310. The summed E-state index contributed by atoms with van der Waals surface area (Å²) in [6, 6.07) is 0. The summed E-state index contributed by atoms with van der Waals surface area (Å²) >= 11 is 0. The Hall–Kier alpha value is -0.130. The first kappa shape index (κ1) is 13.9. The molecule has 0 aliphatic carbocycles. The minimum Gasteiger partial charge on any atom is -0.319 e. The van der Waals surface area contributed by atoms with Crippen LogP contribution >= 0.6 is 0 Å². The highest BCUT2D eigenvalue weighted by molar-refractivity contribution is 7.91. The van der Waals surface area contributed by atoms with Crippen molar-refractivity contribution in [3.8, 4) is 0 Å². The first-order valence-electron chi connectivity index (χ1n) is 5.98. The molecule has 96 valence electrons. The summed E-state index contributed by atoms with van der Waals surface area (Å²) < 4.78 is 22.8. The van der Waals surface area contributed by atoms with E-state index >= 15 is 0 Å². The maximum absolute atomic E-state index is 11.4. The lowest BCUT2D eigenvalue weighted by Gasteiger charge is -2.24. The zero-order valence-electron chi connectivity index (χ0n) is 10.6. The van der Waals surface area contributed by atoms with Gasteiger partial charge in [-0.3, -0.25) is 0 Å². The molecule has 1 fully saturated rings. The quantitative estimate of drug-likeness (QED) is 0.737. The van der Waals surface area contributed by atoms with E-state index in [0.717, 1.165) is 26.1 Å². The molecule has 5 heteroatoms. The molecule has 0 radical (unpaired) electrons. The summed E-state index contributed by atoms with van der Waals surface area (Å²) in [6.45, 7) is 7.70. The monoisotopic (exact) mass is 248 g/mol. The van der Waals surface area contributed by atoms with E-state index in [-0.39, 0.29) is 5.75 Å². The van der Waals surface area contributed by atoms with Crippen LogP contribution in [0.4, 0.5) is 0 Å². The lowest BCUT2D eigenvalue weighted by Crippen LogP contribution is -2.34. The predicted octanol–water partition coefficient (Wildman–Crippen LogP) is 0.353. The number of hydrogen-bond donors (Lipinski definition) is 1. The van der Waals surface area contributed by atoms with E-state index in [1.807, 2.05) is 7.05 Å². The van der Waals surface area contributed by atoms with Gasteiger partial charge >= 0.3 is 0 Å². The van der Waals surface area contributed by atoms with E-state index in [2.05, 4.69) is 17.1 Å². The van der Waals surface area contributed by atoms with Crippen molar-refractivity contribution in [1.29, 1.82) is 0 Å². The Bertz CT molecular complexity index is 316. The van der Waals surface area contributed by atoms with Gasteiger partial charge in [0.1, 0.15) is 0 Å². The highest BCUT2D eigenvalue weighted by Gasteiger charge is 2.33. The molecule has 0 spiro atoms. The molecule has 1 saturated heterocycles. The Kier molecular flexibility index (Phi) is 4.76. The van der Waals surface area contributed by atoms with Crippen LogP contribution in [0.5, 0.6) is 0 Å². The molecule has 0 amide bonds. The Morgan fingerprint density at radius 3 is 2.69 bits per heavy atom. The second-order valence-electron chi connectivity index (χ2n) is 5.10. The summed E-state index contributed by atoms with van der Waals surface area (Å²) in [5.74, 6) is 0.563. The van der Waals surface area contributed by atoms with Crippen LogP contribution in [-0.4, -0.2) is 58.1 Å². The Balaban J connectivity index is 2.37. The minimum atomic E-state index is -2.81. The van der Waals surface area contributed by atoms with E-state index < -0.39 is 9.84 Å². The van der Waals surface area contributed by atoms with Crippen LogP contribution in [0.1, 0.15) is 20.3 Å². The fourth-order valence-corrected chi connectivity index (χ4v) is 3.13. The van der Waals surface area contributed by atoms with Crippen LogP contribution in [0.3, 0.4) is 0 Å². The Morgan fingerprint density at radius 2 is 2.12 bits per heavy atom. The van der Waals surface area contributed by atoms with E-state index in [1.165, 1.54) is 0 Å². The zero-order chi connectivity index (χ0) is 12.2. The van der Waals surface area contributed by atoms with E-state index in [0.29, 0.717) is 17.7 Å². The number of hydrogen-bond acceptors (Lipinski definition) is 4. The molecule has 4 nitrogen and oxygen atoms in total. The lowest BCUT2D eigenvalue weighted by atomic mass is 9.90. The molecule has 1 N–H and O–H groups in total. The summed E-state index contributed by atoms with van der Waals surface area (Å²) in [5, 5.41) is 3.21. The SMILES string of the molecule is CCS(=O)(=O)CCN1CCC(C)(CNC)C1. The van der Waals surface area contributed by atoms with Gasteiger partial charge in [0.2, 0.25) is 0 Å². The van der Waals surface area contributed by atoms with Gasteiger partial charge in [0, 0.05) is 25.4 Å². The van der Waals surface area contributed by atoms with Crippen LogP contribution < -0.4 is 5.32 Å². The predicted molar refractivity (Wildman–Crippen MR) is 67.4 cm³/mol. The average Bonchev–Trinajstić information content (AvgIpc) is 2.58. The van der Waals surface area contributed by atoms with Crippen LogP contribution in [0.2, 0.25) is 0 Å². The first-order valence-corrected chi connectivity index (χ1v) is 7.80. The molecule has 16 heavy (non-hydrogen) atoms. The Labute approximate surface area is 99.3 Å². The highest BCUT2D eigenvalue weighted by Crippen LogP contribution is 2.28. The summed E-state index contributed by atoms with van der Waals surface area (Å²) in [7, 11) is -0.846. The van der Waals surface area contributed by atoms with Gasteiger partial charge in [-0.05, 0) is 25.4 Å². The van der Waals surface area contributed by atoms with Gasteiger partial charge in [-0.25, -0.2) is 8.42 Å². The third kappa shape index (κ3) is 4.03. The number of rotatable bonds is 6. The molecule has 1 unspecified atom stereocenters. The van der Waals surface area contributed by atoms with Gasteiger partial charge < -0.3 is 10.2 Å². The fourth-order valence-electron chi connectivity index (χ4n) is 2.30. The normalized spacial score (nSPS) is 27.4. The summed E-state index contributed by atoms with van der Waals surface area (Å²) in [4.78, 5) is 2.27. The van der Waals surface area contributed by atoms with Crippen molar-refractivity contribution in [3.63, 3.8) is 0 Å². The molecule has 0 aromatic carbocycles. The standard InChI is InChI=1S/C11H24N2O2S/c1-4-16(14,15)8-7-13-6-5-11(2,10-13)9-12-3/h12H,4-10H2,1-3H3. The largest absolute Gasteiger partial charge is 0.319 e. The second-order valence-corrected chi connectivity index (χ2v) is 7.58. The molecule has 0 saturated carbocycles. The van der Waals surface area contributed by atoms with E-state index in [9.17, 15) is 8.42 Å². The maximum Gasteiger partial charge on any atom is 0.151 e. The maximum atomic E-state index is 11.4. The van der Waals surface area contributed by atoms with Crippen molar-refractivity contribution in [3.05, 3.63) is 0 Å². The molecule has 1 heterocycles. The van der Waals surface area contributed by atoms with Crippen molar-refractivity contribution in [2.45, 2.75) is 20.3 Å². The molecular weight excluding hydrogens is 224 g/mol. The topological polar surface area (TPSA) is 49.4 Å². The number of nitrogens with one attached hydrogen (secondary N) is 1. The zero-order valence-corrected chi connectivity index (χ0v) is 11.4. The van der Waals surface area contributed by atoms with Gasteiger partial charge in [-0.1, -0.05) is 13.8 Å². The molecule has 0 bridgehead atoms. The first-order chi connectivity index (χ1) is 7.41. The highest BCUT2D eigenvalue weighted by atomic mass is 32.2. The van der Waals surface area contributed by atoms with Crippen LogP contribution in [0.15, 0.2) is 0 Å². The lowest BCUT2D eigenvalue weighted by molar-refractivity contribution is 0.280. The van der Waals surface area contributed by atoms with Crippen molar-refractivity contribution in [1.82, 2.24) is 10.2 Å². The number of nitrogens with zero attached hydrogens (tertiary/aromatic N) is 1. The molecule has 0 aromatic heterocycles. The smallest absolute Gasteiger partial charge is 0.151 e. The molecule has 1 atom stereocenters. The van der Waals surface area contributed by atoms with Crippen LogP contribution in [0, 0.1) is 5.41 Å². The van der Waals surface area contributed by atoms with Crippen LogP contribution in [0.25, 0.3) is 0 Å². The van der Waals surface area contributed by atoms with Gasteiger partial charge in [0.05, 0.1) is 5.75 Å². The van der Waals surface area contributed by atoms with Crippen molar-refractivity contribution < 1.29 is 8.42 Å². The van der Waals surface area contributed by atoms with Crippen molar-refractivity contribution in [2.24, 2.45) is 5.41 Å². The molecule has 0 aromatic rings. The van der Waals surface area contributed by atoms with E-state index in [1.54, 1.807) is 6.92 Å². The minimum absolute atomic E-state index is 0.259. The number of likely N-dealkylation sites (tertiary alicyclic amines) is 1. The number of sulfone groups is 1. The van der Waals surface area contributed by atoms with Crippen LogP contribution in [-0.2, 0) is 9.84 Å². The summed E-state index contributed by atoms with van der Waals surface area (Å²) in [6.07, 6.45) is 1.15. The average molecular weight is 248 g/mol. The van der Waals surface area contributed by atoms with Gasteiger partial charge in [0.25, 0.3) is 0 Å². The van der Waals surface area contributed by atoms with Crippen molar-refractivity contribution >= 4 is 9.84 Å². The van der Waals surface area contributed by atoms with Gasteiger partial charge in [-0.2, -0.15) is 0 Å². The van der Waals surface area contributed by atoms with Gasteiger partial charge in [0.15, 0.2) is 9.84 Å². The molecule has 1 rings (SSSR count). The van der Waals surface area contributed by atoms with Crippen molar-refractivity contribution in [2.75, 3.05) is 44.7 Å².